The van der Waals surface area contributed by atoms with Gasteiger partial charge in [-0.25, -0.2) is 4.98 Å². The average Bonchev–Trinajstić information content (AvgIpc) is 3.18. The largest absolute Gasteiger partial charge is 0.364 e. The number of hydrogen-bond acceptors (Lipinski definition) is 7. The number of hydrogen-bond donors (Lipinski definition) is 2. The Morgan fingerprint density at radius 3 is 2.62 bits per heavy atom. The zero-order valence-electron chi connectivity index (χ0n) is 18.4. The molecule has 0 spiro atoms. The number of aryl methyl sites for hydroxylation is 1. The molecule has 3 aliphatic heterocycles. The SMILES string of the molecule is CN1C[C@@H](Nc2nc(N3CCC(N)(c4ccccc4)CC3)nc3c2S(=O)CC3)CCC1=O. The van der Waals surface area contributed by atoms with Gasteiger partial charge in [0.1, 0.15) is 10.7 Å². The van der Waals surface area contributed by atoms with Crippen LogP contribution >= 0.6 is 0 Å². The number of amides is 1. The Balaban J connectivity index is 1.37. The van der Waals surface area contributed by atoms with Gasteiger partial charge in [0.25, 0.3) is 0 Å². The molecule has 0 saturated carbocycles. The van der Waals surface area contributed by atoms with Crippen LogP contribution in [0, 0.1) is 0 Å². The van der Waals surface area contributed by atoms with Gasteiger partial charge in [0, 0.05) is 56.9 Å². The number of anilines is 2. The van der Waals surface area contributed by atoms with Gasteiger partial charge >= 0.3 is 0 Å². The summed E-state index contributed by atoms with van der Waals surface area (Å²) in [4.78, 5) is 26.2. The lowest BCUT2D eigenvalue weighted by molar-refractivity contribution is -0.132. The summed E-state index contributed by atoms with van der Waals surface area (Å²) in [5.74, 6) is 2.10. The van der Waals surface area contributed by atoms with Gasteiger partial charge in [-0.3, -0.25) is 9.00 Å². The van der Waals surface area contributed by atoms with Crippen molar-refractivity contribution in [3.63, 3.8) is 0 Å². The van der Waals surface area contributed by atoms with Crippen LogP contribution in [0.15, 0.2) is 35.2 Å². The maximum atomic E-state index is 12.7. The smallest absolute Gasteiger partial charge is 0.227 e. The van der Waals surface area contributed by atoms with Gasteiger partial charge in [-0.1, -0.05) is 30.3 Å². The Hall–Kier alpha value is -2.52. The molecule has 4 heterocycles. The van der Waals surface area contributed by atoms with Crippen LogP contribution in [-0.2, 0) is 27.6 Å². The first-order valence-corrected chi connectivity index (χ1v) is 12.6. The number of likely N-dealkylation sites (tertiary alicyclic amines) is 1. The van der Waals surface area contributed by atoms with E-state index in [1.54, 1.807) is 4.90 Å². The van der Waals surface area contributed by atoms with Crippen LogP contribution in [0.25, 0.3) is 0 Å². The fourth-order valence-corrected chi connectivity index (χ4v) is 6.22. The number of likely N-dealkylation sites (N-methyl/N-ethyl adjacent to an activating group) is 1. The first-order chi connectivity index (χ1) is 15.4. The van der Waals surface area contributed by atoms with E-state index in [-0.39, 0.29) is 17.5 Å². The number of rotatable bonds is 4. The molecule has 2 fully saturated rings. The third-order valence-corrected chi connectivity index (χ3v) is 8.39. The van der Waals surface area contributed by atoms with Crippen LogP contribution in [0.5, 0.6) is 0 Å². The summed E-state index contributed by atoms with van der Waals surface area (Å²) in [6.07, 6.45) is 3.61. The fraction of sp³-hybridized carbons (Fsp3) is 0.522. The van der Waals surface area contributed by atoms with E-state index in [1.165, 1.54) is 5.56 Å². The van der Waals surface area contributed by atoms with Gasteiger partial charge in [-0.2, -0.15) is 4.98 Å². The van der Waals surface area contributed by atoms with E-state index in [4.69, 9.17) is 15.7 Å². The number of aromatic nitrogens is 2. The highest BCUT2D eigenvalue weighted by Crippen LogP contribution is 2.34. The van der Waals surface area contributed by atoms with E-state index in [0.717, 1.165) is 42.9 Å². The molecule has 1 aromatic carbocycles. The van der Waals surface area contributed by atoms with Gasteiger partial charge in [-0.15, -0.1) is 0 Å². The summed E-state index contributed by atoms with van der Waals surface area (Å²) in [7, 11) is 0.737. The third-order valence-electron chi connectivity index (χ3n) is 6.93. The number of fused-ring (bicyclic) bond motifs is 1. The van der Waals surface area contributed by atoms with Crippen molar-refractivity contribution in [3.8, 4) is 0 Å². The fourth-order valence-electron chi connectivity index (χ4n) is 4.91. The minimum Gasteiger partial charge on any atom is -0.364 e. The van der Waals surface area contributed by atoms with Crippen molar-refractivity contribution in [1.82, 2.24) is 14.9 Å². The van der Waals surface area contributed by atoms with Crippen LogP contribution < -0.4 is 16.0 Å². The number of nitrogens with zero attached hydrogens (tertiary/aromatic N) is 4. The Morgan fingerprint density at radius 1 is 1.16 bits per heavy atom. The number of carbonyl (C=O) groups is 1. The minimum absolute atomic E-state index is 0.0956. The summed E-state index contributed by atoms with van der Waals surface area (Å²) < 4.78 is 12.7. The molecular weight excluding hydrogens is 424 g/mol. The highest BCUT2D eigenvalue weighted by atomic mass is 32.2. The van der Waals surface area contributed by atoms with Crippen LogP contribution in [0.4, 0.5) is 11.8 Å². The van der Waals surface area contributed by atoms with Crippen molar-refractivity contribution in [2.24, 2.45) is 5.73 Å². The molecule has 2 aromatic rings. The van der Waals surface area contributed by atoms with Gasteiger partial charge in [0.05, 0.1) is 16.5 Å². The van der Waals surface area contributed by atoms with E-state index < -0.39 is 10.8 Å². The van der Waals surface area contributed by atoms with Crippen molar-refractivity contribution >= 4 is 28.5 Å². The highest BCUT2D eigenvalue weighted by molar-refractivity contribution is 7.85. The van der Waals surface area contributed by atoms with Gasteiger partial charge in [0.15, 0.2) is 0 Å². The first kappa shape index (κ1) is 21.3. The molecule has 2 saturated heterocycles. The summed E-state index contributed by atoms with van der Waals surface area (Å²) in [5.41, 5.74) is 8.47. The summed E-state index contributed by atoms with van der Waals surface area (Å²) in [5, 5.41) is 3.49. The molecule has 1 amide bonds. The molecule has 3 aliphatic rings. The Morgan fingerprint density at radius 2 is 1.91 bits per heavy atom. The summed E-state index contributed by atoms with van der Waals surface area (Å²) in [6, 6.07) is 10.4. The zero-order valence-corrected chi connectivity index (χ0v) is 19.2. The van der Waals surface area contributed by atoms with Gasteiger partial charge in [0.2, 0.25) is 11.9 Å². The van der Waals surface area contributed by atoms with E-state index >= 15 is 0 Å². The second-order valence-corrected chi connectivity index (χ2v) is 10.6. The molecular formula is C23H30N6O2S. The number of nitrogens with two attached hydrogens (primary N) is 1. The topological polar surface area (TPSA) is 104 Å². The van der Waals surface area contributed by atoms with E-state index in [0.29, 0.717) is 36.9 Å². The molecule has 2 atom stereocenters. The van der Waals surface area contributed by atoms with Gasteiger partial charge in [-0.05, 0) is 24.8 Å². The predicted octanol–water partition coefficient (Wildman–Crippen LogP) is 1.63. The molecule has 5 rings (SSSR count). The molecule has 0 radical (unpaired) electrons. The second kappa shape index (κ2) is 8.44. The molecule has 1 aromatic heterocycles. The Bertz CT molecular complexity index is 1040. The van der Waals surface area contributed by atoms with Crippen LogP contribution in [0.3, 0.4) is 0 Å². The van der Waals surface area contributed by atoms with E-state index in [2.05, 4.69) is 22.3 Å². The zero-order chi connectivity index (χ0) is 22.3. The second-order valence-electron chi connectivity index (χ2n) is 9.11. The predicted molar refractivity (Wildman–Crippen MR) is 125 cm³/mol. The van der Waals surface area contributed by atoms with Crippen molar-refractivity contribution in [3.05, 3.63) is 41.6 Å². The highest BCUT2D eigenvalue weighted by Gasteiger charge is 2.35. The Labute approximate surface area is 191 Å². The number of benzene rings is 1. The molecule has 0 bridgehead atoms. The molecule has 0 aliphatic carbocycles. The summed E-state index contributed by atoms with van der Waals surface area (Å²) >= 11 is 0. The van der Waals surface area contributed by atoms with Crippen molar-refractivity contribution < 1.29 is 9.00 Å². The number of carbonyl (C=O) groups excluding carboxylic acids is 1. The molecule has 1 unspecified atom stereocenters. The third kappa shape index (κ3) is 3.99. The maximum Gasteiger partial charge on any atom is 0.227 e. The lowest BCUT2D eigenvalue weighted by Crippen LogP contribution is -2.48. The molecule has 8 nitrogen and oxygen atoms in total. The minimum atomic E-state index is -1.09. The normalized spacial score (nSPS) is 25.0. The number of piperidine rings is 2. The lowest BCUT2D eigenvalue weighted by Gasteiger charge is -2.39. The van der Waals surface area contributed by atoms with Crippen molar-refractivity contribution in [2.75, 3.05) is 42.7 Å². The molecule has 3 N–H and O–H groups in total. The number of nitrogens with one attached hydrogen (secondary N) is 1. The molecule has 32 heavy (non-hydrogen) atoms. The van der Waals surface area contributed by atoms with Gasteiger partial charge < -0.3 is 20.9 Å². The lowest BCUT2D eigenvalue weighted by atomic mass is 9.82. The quantitative estimate of drug-likeness (QED) is 0.723. The standard InChI is InChI=1S/C23H30N6O2S/c1-28-15-17(7-8-19(28)30)25-21-20-18(9-14-32(20)31)26-22(27-21)29-12-10-23(24,11-13-29)16-5-3-2-4-6-16/h2-6,17H,7-15,24H2,1H3,(H,25,26,27)/t17-,32?/m0/s1. The van der Waals surface area contributed by atoms with Crippen LogP contribution in [-0.4, -0.2) is 63.5 Å². The molecule has 170 valence electrons. The van der Waals surface area contributed by atoms with Crippen LogP contribution in [0.1, 0.15) is 36.9 Å². The van der Waals surface area contributed by atoms with Crippen LogP contribution in [0.2, 0.25) is 0 Å². The van der Waals surface area contributed by atoms with Crippen molar-refractivity contribution in [1.29, 1.82) is 0 Å². The first-order valence-electron chi connectivity index (χ1n) is 11.3. The summed E-state index contributed by atoms with van der Waals surface area (Å²) in [6.45, 7) is 2.16. The molecule has 9 heteroatoms. The van der Waals surface area contributed by atoms with Crippen molar-refractivity contribution in [2.45, 2.75) is 48.6 Å². The Kier molecular flexibility index (Phi) is 5.63. The van der Waals surface area contributed by atoms with E-state index in [9.17, 15) is 9.00 Å². The average molecular weight is 455 g/mol. The van der Waals surface area contributed by atoms with E-state index in [1.807, 2.05) is 25.2 Å². The maximum absolute atomic E-state index is 12.7. The monoisotopic (exact) mass is 454 g/mol.